The Kier molecular flexibility index (Phi) is 4.92. The average Bonchev–Trinajstić information content (AvgIpc) is 2.83. The number of thioether (sulfide) groups is 1. The Bertz CT molecular complexity index is 286. The van der Waals surface area contributed by atoms with Gasteiger partial charge in [0.25, 0.3) is 0 Å². The lowest BCUT2D eigenvalue weighted by molar-refractivity contribution is -0.128. The van der Waals surface area contributed by atoms with Gasteiger partial charge in [-0.05, 0) is 30.9 Å². The van der Waals surface area contributed by atoms with Gasteiger partial charge in [-0.2, -0.15) is 11.8 Å². The van der Waals surface area contributed by atoms with Gasteiger partial charge in [0.1, 0.15) is 0 Å². The van der Waals surface area contributed by atoms with E-state index in [2.05, 4.69) is 5.32 Å². The molecule has 2 N–H and O–H groups in total. The molecule has 0 saturated carbocycles. The maximum Gasteiger partial charge on any atom is 0.223 e. The third-order valence-corrected chi connectivity index (χ3v) is 5.30. The number of nitrogens with one attached hydrogen (secondary N) is 1. The van der Waals surface area contributed by atoms with Crippen LogP contribution >= 0.6 is 11.8 Å². The molecule has 2 fully saturated rings. The molecule has 0 aromatic carbocycles. The largest absolute Gasteiger partial charge is 0.387 e. The minimum atomic E-state index is -0.685. The summed E-state index contributed by atoms with van der Waals surface area (Å²) in [5, 5.41) is 13.1. The third-order valence-electron chi connectivity index (χ3n) is 4.06. The van der Waals surface area contributed by atoms with Crippen LogP contribution in [0.5, 0.6) is 0 Å². The van der Waals surface area contributed by atoms with Crippen LogP contribution in [0.1, 0.15) is 26.2 Å². The Labute approximate surface area is 113 Å². The molecule has 2 saturated heterocycles. The first kappa shape index (κ1) is 14.2. The fraction of sp³-hybridized carbons (Fsp3) is 0.923. The van der Waals surface area contributed by atoms with Crippen LogP contribution in [0.2, 0.25) is 0 Å². The zero-order valence-corrected chi connectivity index (χ0v) is 11.8. The lowest BCUT2D eigenvalue weighted by Crippen LogP contribution is -2.45. The minimum absolute atomic E-state index is 0.0200. The second kappa shape index (κ2) is 6.26. The van der Waals surface area contributed by atoms with Crippen LogP contribution in [0.15, 0.2) is 0 Å². The van der Waals surface area contributed by atoms with Gasteiger partial charge in [0.05, 0.1) is 5.60 Å². The average molecular weight is 273 g/mol. The second-order valence-electron chi connectivity index (χ2n) is 5.48. The van der Waals surface area contributed by atoms with Gasteiger partial charge in [0.15, 0.2) is 0 Å². The van der Waals surface area contributed by atoms with Crippen molar-refractivity contribution in [3.8, 4) is 0 Å². The van der Waals surface area contributed by atoms with E-state index in [9.17, 15) is 9.90 Å². The summed E-state index contributed by atoms with van der Waals surface area (Å²) in [7, 11) is 0. The summed E-state index contributed by atoms with van der Waals surface area (Å²) in [4.78, 5) is 12.1. The van der Waals surface area contributed by atoms with Gasteiger partial charge in [-0.25, -0.2) is 0 Å². The quantitative estimate of drug-likeness (QED) is 0.803. The number of aliphatic hydroxyl groups is 1. The van der Waals surface area contributed by atoms with Crippen molar-refractivity contribution in [3.63, 3.8) is 0 Å². The molecule has 4 nitrogen and oxygen atoms in total. The molecular formula is C13H23NO3S. The smallest absolute Gasteiger partial charge is 0.223 e. The highest BCUT2D eigenvalue weighted by molar-refractivity contribution is 7.99. The highest BCUT2D eigenvalue weighted by Gasteiger charge is 2.33. The molecule has 2 heterocycles. The van der Waals surface area contributed by atoms with E-state index in [0.717, 1.165) is 44.0 Å². The number of ether oxygens (including phenoxy) is 1. The Balaban J connectivity index is 1.76. The van der Waals surface area contributed by atoms with Crippen LogP contribution in [0.3, 0.4) is 0 Å². The van der Waals surface area contributed by atoms with Crippen molar-refractivity contribution in [3.05, 3.63) is 0 Å². The molecule has 0 spiro atoms. The molecule has 0 bridgehead atoms. The molecule has 0 unspecified atom stereocenters. The highest BCUT2D eigenvalue weighted by atomic mass is 32.2. The SMILES string of the molecule is C[C@@H](C(=O)NC[C@@]1(O)CCSC1)C1CCOCC1. The topological polar surface area (TPSA) is 58.6 Å². The number of hydrogen-bond donors (Lipinski definition) is 2. The van der Waals surface area contributed by atoms with Crippen molar-refractivity contribution >= 4 is 17.7 Å². The molecule has 1 amide bonds. The van der Waals surface area contributed by atoms with Gasteiger partial charge in [-0.1, -0.05) is 6.92 Å². The number of rotatable bonds is 4. The summed E-state index contributed by atoms with van der Waals surface area (Å²) in [5.74, 6) is 2.24. The van der Waals surface area contributed by atoms with Crippen LogP contribution in [0.4, 0.5) is 0 Å². The van der Waals surface area contributed by atoms with E-state index < -0.39 is 5.60 Å². The van der Waals surface area contributed by atoms with Crippen LogP contribution < -0.4 is 5.32 Å². The molecule has 104 valence electrons. The molecule has 18 heavy (non-hydrogen) atoms. The molecule has 2 aliphatic rings. The Morgan fingerprint density at radius 1 is 1.56 bits per heavy atom. The first-order valence-electron chi connectivity index (χ1n) is 6.76. The van der Waals surface area contributed by atoms with E-state index in [1.807, 2.05) is 6.92 Å². The lowest BCUT2D eigenvalue weighted by atomic mass is 9.86. The minimum Gasteiger partial charge on any atom is -0.387 e. The number of carbonyl (C=O) groups excluding carboxylic acids is 1. The van der Waals surface area contributed by atoms with Crippen molar-refractivity contribution < 1.29 is 14.6 Å². The molecule has 0 aromatic heterocycles. The monoisotopic (exact) mass is 273 g/mol. The number of amides is 1. The third kappa shape index (κ3) is 3.62. The van der Waals surface area contributed by atoms with Crippen molar-refractivity contribution in [1.29, 1.82) is 0 Å². The normalized spacial score (nSPS) is 31.2. The predicted octanol–water partition coefficient (Wildman–Crippen LogP) is 1.03. The Morgan fingerprint density at radius 3 is 2.89 bits per heavy atom. The van der Waals surface area contributed by atoms with Gasteiger partial charge in [0, 0.05) is 31.4 Å². The molecule has 0 radical (unpaired) electrons. The van der Waals surface area contributed by atoms with Gasteiger partial charge >= 0.3 is 0 Å². The van der Waals surface area contributed by atoms with E-state index in [4.69, 9.17) is 4.74 Å². The predicted molar refractivity (Wildman–Crippen MR) is 72.6 cm³/mol. The second-order valence-corrected chi connectivity index (χ2v) is 6.59. The standard InChI is InChI=1S/C13H23NO3S/c1-10(11-2-5-17-6-3-11)12(15)14-8-13(16)4-7-18-9-13/h10-11,16H,2-9H2,1H3,(H,14,15)/t10-,13+/m1/s1. The summed E-state index contributed by atoms with van der Waals surface area (Å²) >= 11 is 1.75. The zero-order valence-electron chi connectivity index (χ0n) is 11.0. The molecule has 2 atom stereocenters. The molecule has 2 rings (SSSR count). The van der Waals surface area contributed by atoms with Crippen molar-refractivity contribution in [2.45, 2.75) is 31.8 Å². The van der Waals surface area contributed by atoms with Gasteiger partial charge < -0.3 is 15.2 Å². The van der Waals surface area contributed by atoms with E-state index in [1.54, 1.807) is 11.8 Å². The molecule has 2 aliphatic heterocycles. The highest BCUT2D eigenvalue weighted by Crippen LogP contribution is 2.28. The zero-order chi connectivity index (χ0) is 13.0. The van der Waals surface area contributed by atoms with Gasteiger partial charge in [-0.3, -0.25) is 4.79 Å². The molecule has 5 heteroatoms. The van der Waals surface area contributed by atoms with Gasteiger partial charge in [0.2, 0.25) is 5.91 Å². The van der Waals surface area contributed by atoms with Crippen LogP contribution in [-0.2, 0) is 9.53 Å². The summed E-state index contributed by atoms with van der Waals surface area (Å²) in [5.41, 5.74) is -0.685. The molecule has 0 aliphatic carbocycles. The number of carbonyl (C=O) groups is 1. The van der Waals surface area contributed by atoms with Crippen molar-refractivity contribution in [2.24, 2.45) is 11.8 Å². The Hall–Kier alpha value is -0.260. The van der Waals surface area contributed by atoms with Crippen molar-refractivity contribution in [1.82, 2.24) is 5.32 Å². The van der Waals surface area contributed by atoms with Crippen LogP contribution in [0.25, 0.3) is 0 Å². The first-order chi connectivity index (χ1) is 8.61. The van der Waals surface area contributed by atoms with Crippen molar-refractivity contribution in [2.75, 3.05) is 31.3 Å². The van der Waals surface area contributed by atoms with Crippen LogP contribution in [-0.4, -0.2) is 47.9 Å². The lowest BCUT2D eigenvalue weighted by Gasteiger charge is -2.28. The van der Waals surface area contributed by atoms with E-state index in [-0.39, 0.29) is 11.8 Å². The van der Waals surface area contributed by atoms with E-state index in [1.165, 1.54) is 0 Å². The summed E-state index contributed by atoms with van der Waals surface area (Å²) in [6, 6.07) is 0. The molecule has 0 aromatic rings. The summed E-state index contributed by atoms with van der Waals surface area (Å²) in [6.07, 6.45) is 2.72. The van der Waals surface area contributed by atoms with Crippen LogP contribution in [0, 0.1) is 11.8 Å². The Morgan fingerprint density at radius 2 is 2.28 bits per heavy atom. The van der Waals surface area contributed by atoms with Gasteiger partial charge in [-0.15, -0.1) is 0 Å². The fourth-order valence-electron chi connectivity index (χ4n) is 2.58. The molecular weight excluding hydrogens is 250 g/mol. The maximum absolute atomic E-state index is 12.1. The number of hydrogen-bond acceptors (Lipinski definition) is 4. The fourth-order valence-corrected chi connectivity index (χ4v) is 3.87. The van der Waals surface area contributed by atoms with E-state index >= 15 is 0 Å². The van der Waals surface area contributed by atoms with E-state index in [0.29, 0.717) is 12.5 Å². The summed E-state index contributed by atoms with van der Waals surface area (Å²) < 4.78 is 5.31. The summed E-state index contributed by atoms with van der Waals surface area (Å²) in [6.45, 7) is 3.91. The first-order valence-corrected chi connectivity index (χ1v) is 7.92. The maximum atomic E-state index is 12.1.